The van der Waals surface area contributed by atoms with Gasteiger partial charge >= 0.3 is 0 Å². The number of anilines is 1. The van der Waals surface area contributed by atoms with E-state index in [1.807, 2.05) is 13.0 Å². The zero-order valence-corrected chi connectivity index (χ0v) is 10.2. The average Bonchev–Trinajstić information content (AvgIpc) is 2.30. The molecule has 0 amide bonds. The molecule has 4 heteroatoms. The maximum absolute atomic E-state index is 8.80. The van der Waals surface area contributed by atoms with Crippen LogP contribution >= 0.6 is 11.6 Å². The summed E-state index contributed by atoms with van der Waals surface area (Å²) in [6.45, 7) is 2.63. The molecule has 1 rings (SSSR count). The highest BCUT2D eigenvalue weighted by Crippen LogP contribution is 2.27. The summed E-state index contributed by atoms with van der Waals surface area (Å²) < 4.78 is 5.06. The molecule has 0 saturated heterocycles. The number of nitrogens with one attached hydrogen (secondary N) is 1. The van der Waals surface area contributed by atoms with Crippen LogP contribution in [0.5, 0.6) is 5.75 Å². The van der Waals surface area contributed by atoms with E-state index < -0.39 is 0 Å². The SMILES string of the molecule is CCC(C#N)CNc1ccc(OC)c(Cl)c1. The zero-order valence-electron chi connectivity index (χ0n) is 9.46. The zero-order chi connectivity index (χ0) is 12.0. The van der Waals surface area contributed by atoms with Crippen molar-refractivity contribution in [2.24, 2.45) is 5.92 Å². The van der Waals surface area contributed by atoms with Crippen molar-refractivity contribution in [3.05, 3.63) is 23.2 Å². The van der Waals surface area contributed by atoms with Crippen LogP contribution in [0.1, 0.15) is 13.3 Å². The predicted octanol–water partition coefficient (Wildman–Crippen LogP) is 3.31. The van der Waals surface area contributed by atoms with Gasteiger partial charge in [0.1, 0.15) is 5.75 Å². The van der Waals surface area contributed by atoms with Crippen molar-refractivity contribution in [1.82, 2.24) is 0 Å². The lowest BCUT2D eigenvalue weighted by Gasteiger charge is -2.11. The van der Waals surface area contributed by atoms with Crippen molar-refractivity contribution >= 4 is 17.3 Å². The number of methoxy groups -OCH3 is 1. The molecular formula is C12H15ClN2O. The van der Waals surface area contributed by atoms with Gasteiger partial charge in [-0.1, -0.05) is 18.5 Å². The van der Waals surface area contributed by atoms with Crippen molar-refractivity contribution < 1.29 is 4.74 Å². The van der Waals surface area contributed by atoms with Crippen LogP contribution in [0.4, 0.5) is 5.69 Å². The average molecular weight is 239 g/mol. The second-order valence-corrected chi connectivity index (χ2v) is 3.87. The number of hydrogen-bond donors (Lipinski definition) is 1. The molecule has 1 atom stereocenters. The third-order valence-electron chi connectivity index (χ3n) is 2.38. The van der Waals surface area contributed by atoms with Crippen LogP contribution in [0.3, 0.4) is 0 Å². The van der Waals surface area contributed by atoms with E-state index in [0.29, 0.717) is 17.3 Å². The van der Waals surface area contributed by atoms with Gasteiger partial charge in [0.2, 0.25) is 0 Å². The highest BCUT2D eigenvalue weighted by Gasteiger charge is 2.05. The van der Waals surface area contributed by atoms with Crippen molar-refractivity contribution in [3.63, 3.8) is 0 Å². The van der Waals surface area contributed by atoms with Gasteiger partial charge in [-0.05, 0) is 24.6 Å². The van der Waals surface area contributed by atoms with Crippen molar-refractivity contribution in [1.29, 1.82) is 5.26 Å². The summed E-state index contributed by atoms with van der Waals surface area (Å²) in [6, 6.07) is 7.72. The predicted molar refractivity (Wildman–Crippen MR) is 65.9 cm³/mol. The van der Waals surface area contributed by atoms with Crippen molar-refractivity contribution in [2.75, 3.05) is 19.0 Å². The maximum Gasteiger partial charge on any atom is 0.137 e. The highest BCUT2D eigenvalue weighted by molar-refractivity contribution is 6.32. The van der Waals surface area contributed by atoms with Gasteiger partial charge in [0.25, 0.3) is 0 Å². The molecule has 0 radical (unpaired) electrons. The Balaban J connectivity index is 2.62. The van der Waals surface area contributed by atoms with Crippen LogP contribution in [0, 0.1) is 17.2 Å². The van der Waals surface area contributed by atoms with Crippen molar-refractivity contribution in [3.8, 4) is 11.8 Å². The summed E-state index contributed by atoms with van der Waals surface area (Å²) in [4.78, 5) is 0. The number of rotatable bonds is 5. The lowest BCUT2D eigenvalue weighted by Crippen LogP contribution is -2.11. The number of halogens is 1. The number of nitrogens with zero attached hydrogens (tertiary/aromatic N) is 1. The smallest absolute Gasteiger partial charge is 0.137 e. The maximum atomic E-state index is 8.80. The Kier molecular flexibility index (Phi) is 4.94. The van der Waals surface area contributed by atoms with Gasteiger partial charge in [0.15, 0.2) is 0 Å². The molecule has 0 aromatic heterocycles. The van der Waals surface area contributed by atoms with Crippen molar-refractivity contribution in [2.45, 2.75) is 13.3 Å². The molecule has 0 spiro atoms. The third-order valence-corrected chi connectivity index (χ3v) is 2.68. The Labute approximate surface area is 101 Å². The Morgan fingerprint density at radius 3 is 2.81 bits per heavy atom. The fourth-order valence-electron chi connectivity index (χ4n) is 1.30. The Hall–Kier alpha value is -1.40. The molecule has 0 aliphatic heterocycles. The summed E-state index contributed by atoms with van der Waals surface area (Å²) in [7, 11) is 1.58. The minimum absolute atomic E-state index is 0.0286. The molecule has 0 bridgehead atoms. The molecule has 1 unspecified atom stereocenters. The molecule has 0 fully saturated rings. The molecular weight excluding hydrogens is 224 g/mol. The number of benzene rings is 1. The quantitative estimate of drug-likeness (QED) is 0.856. The van der Waals surface area contributed by atoms with Crippen LogP contribution in [0.2, 0.25) is 5.02 Å². The molecule has 3 nitrogen and oxygen atoms in total. The topological polar surface area (TPSA) is 45.0 Å². The first-order chi connectivity index (χ1) is 7.71. The van der Waals surface area contributed by atoms with Gasteiger partial charge in [-0.2, -0.15) is 5.26 Å². The molecule has 16 heavy (non-hydrogen) atoms. The third kappa shape index (κ3) is 3.32. The van der Waals surface area contributed by atoms with E-state index in [2.05, 4.69) is 11.4 Å². The molecule has 1 N–H and O–H groups in total. The van der Waals surface area contributed by atoms with E-state index in [4.69, 9.17) is 21.6 Å². The van der Waals surface area contributed by atoms with Crippen LogP contribution in [-0.4, -0.2) is 13.7 Å². The first-order valence-corrected chi connectivity index (χ1v) is 5.56. The Morgan fingerprint density at radius 1 is 1.56 bits per heavy atom. The van der Waals surface area contributed by atoms with E-state index in [9.17, 15) is 0 Å². The van der Waals surface area contributed by atoms with Gasteiger partial charge < -0.3 is 10.1 Å². The van der Waals surface area contributed by atoms with Crippen LogP contribution in [0.15, 0.2) is 18.2 Å². The number of nitriles is 1. The summed E-state index contributed by atoms with van der Waals surface area (Å²) in [5.41, 5.74) is 0.902. The van der Waals surface area contributed by atoms with Gasteiger partial charge in [-0.25, -0.2) is 0 Å². The minimum Gasteiger partial charge on any atom is -0.495 e. The fourth-order valence-corrected chi connectivity index (χ4v) is 1.56. The van der Waals surface area contributed by atoms with E-state index in [1.165, 1.54) is 0 Å². The fraction of sp³-hybridized carbons (Fsp3) is 0.417. The lowest BCUT2D eigenvalue weighted by molar-refractivity contribution is 0.415. The van der Waals surface area contributed by atoms with E-state index in [-0.39, 0.29) is 5.92 Å². The lowest BCUT2D eigenvalue weighted by atomic mass is 10.1. The molecule has 0 heterocycles. The molecule has 0 saturated carbocycles. The van der Waals surface area contributed by atoms with Crippen LogP contribution in [-0.2, 0) is 0 Å². The largest absolute Gasteiger partial charge is 0.495 e. The van der Waals surface area contributed by atoms with E-state index >= 15 is 0 Å². The molecule has 0 aliphatic carbocycles. The van der Waals surface area contributed by atoms with Gasteiger partial charge in [0, 0.05) is 12.2 Å². The summed E-state index contributed by atoms with van der Waals surface area (Å²) in [5, 5.41) is 12.5. The van der Waals surface area contributed by atoms with Gasteiger partial charge in [-0.3, -0.25) is 0 Å². The van der Waals surface area contributed by atoms with E-state index in [1.54, 1.807) is 19.2 Å². The Morgan fingerprint density at radius 2 is 2.31 bits per heavy atom. The second kappa shape index (κ2) is 6.24. The second-order valence-electron chi connectivity index (χ2n) is 3.46. The first kappa shape index (κ1) is 12.7. The summed E-state index contributed by atoms with van der Waals surface area (Å²) >= 11 is 5.98. The monoisotopic (exact) mass is 238 g/mol. The van der Waals surface area contributed by atoms with Gasteiger partial charge in [-0.15, -0.1) is 0 Å². The number of hydrogen-bond acceptors (Lipinski definition) is 3. The first-order valence-electron chi connectivity index (χ1n) is 5.18. The molecule has 86 valence electrons. The molecule has 1 aromatic rings. The van der Waals surface area contributed by atoms with Crippen LogP contribution in [0.25, 0.3) is 0 Å². The minimum atomic E-state index is 0.0286. The van der Waals surface area contributed by atoms with Gasteiger partial charge in [0.05, 0.1) is 24.1 Å². The van der Waals surface area contributed by atoms with E-state index in [0.717, 1.165) is 12.1 Å². The standard InChI is InChI=1S/C12H15ClN2O/c1-3-9(7-14)8-15-10-4-5-12(16-2)11(13)6-10/h4-6,9,15H,3,8H2,1-2H3. The molecule has 1 aromatic carbocycles. The highest BCUT2D eigenvalue weighted by atomic mass is 35.5. The summed E-state index contributed by atoms with van der Waals surface area (Å²) in [6.07, 6.45) is 0.841. The normalized spacial score (nSPS) is 11.6. The van der Waals surface area contributed by atoms with Crippen LogP contribution < -0.4 is 10.1 Å². The molecule has 0 aliphatic rings. The number of ether oxygens (including phenoxy) is 1. The Bertz CT molecular complexity index is 387. The summed E-state index contributed by atoms with van der Waals surface area (Å²) in [5.74, 6) is 0.681.